The fraction of sp³-hybridized carbons (Fsp3) is 0.250. The molecule has 26 heavy (non-hydrogen) atoms. The van der Waals surface area contributed by atoms with E-state index in [0.29, 0.717) is 23.8 Å². The molecule has 6 heteroatoms. The van der Waals surface area contributed by atoms with Crippen molar-refractivity contribution in [1.29, 1.82) is 0 Å². The van der Waals surface area contributed by atoms with Crippen LogP contribution in [0.1, 0.15) is 27.9 Å². The minimum absolute atomic E-state index is 0.176. The van der Waals surface area contributed by atoms with Crippen molar-refractivity contribution in [3.63, 3.8) is 0 Å². The van der Waals surface area contributed by atoms with Gasteiger partial charge in [0.25, 0.3) is 5.91 Å². The normalized spacial score (nSPS) is 10.2. The Bertz CT molecular complexity index is 778. The third kappa shape index (κ3) is 6.29. The van der Waals surface area contributed by atoms with Gasteiger partial charge in [-0.25, -0.2) is 0 Å². The number of carbonyl (C=O) groups excluding carboxylic acids is 2. The average Bonchev–Trinajstić information content (AvgIpc) is 2.62. The summed E-state index contributed by atoms with van der Waals surface area (Å²) >= 11 is 5.39. The summed E-state index contributed by atoms with van der Waals surface area (Å²) in [6.45, 7) is 2.88. The predicted molar refractivity (Wildman–Crippen MR) is 107 cm³/mol. The van der Waals surface area contributed by atoms with Crippen LogP contribution in [0.25, 0.3) is 0 Å². The molecule has 136 valence electrons. The fourth-order valence-corrected chi connectivity index (χ4v) is 2.78. The molecule has 0 radical (unpaired) electrons. The molecule has 3 N–H and O–H groups in total. The summed E-state index contributed by atoms with van der Waals surface area (Å²) in [5, 5.41) is 3.05. The van der Waals surface area contributed by atoms with E-state index >= 15 is 0 Å². The second kappa shape index (κ2) is 9.68. The molecule has 2 aromatic carbocycles. The summed E-state index contributed by atoms with van der Waals surface area (Å²) in [6, 6.07) is 17.3. The standard InChI is InChI=1S/C20H23N3O2S/c1-15-6-5-9-17(14-15)19(25)22-20(26)23(13-11-18(21)24)12-10-16-7-3-2-4-8-16/h2-9,14H,10-13H2,1H3,(H2,21,24)(H,22,25,26). The lowest BCUT2D eigenvalue weighted by Gasteiger charge is -2.25. The molecule has 0 unspecified atom stereocenters. The lowest BCUT2D eigenvalue weighted by molar-refractivity contribution is -0.118. The van der Waals surface area contributed by atoms with Crippen molar-refractivity contribution in [2.24, 2.45) is 5.73 Å². The molecule has 0 saturated carbocycles. The first-order valence-electron chi connectivity index (χ1n) is 8.45. The third-order valence-electron chi connectivity index (χ3n) is 3.93. The Labute approximate surface area is 159 Å². The van der Waals surface area contributed by atoms with Crippen LogP contribution in [0.15, 0.2) is 54.6 Å². The average molecular weight is 369 g/mol. The van der Waals surface area contributed by atoms with E-state index in [1.54, 1.807) is 17.0 Å². The quantitative estimate of drug-likeness (QED) is 0.735. The maximum absolute atomic E-state index is 12.4. The van der Waals surface area contributed by atoms with E-state index in [1.807, 2.05) is 49.4 Å². The Kier molecular flexibility index (Phi) is 7.29. The molecule has 2 rings (SSSR count). The zero-order chi connectivity index (χ0) is 18.9. The van der Waals surface area contributed by atoms with Crippen LogP contribution in [0, 0.1) is 6.92 Å². The highest BCUT2D eigenvalue weighted by molar-refractivity contribution is 7.80. The Morgan fingerprint density at radius 1 is 1.08 bits per heavy atom. The Hall–Kier alpha value is -2.73. The van der Waals surface area contributed by atoms with E-state index < -0.39 is 5.91 Å². The predicted octanol–water partition coefficient (Wildman–Crippen LogP) is 2.43. The second-order valence-electron chi connectivity index (χ2n) is 6.07. The van der Waals surface area contributed by atoms with E-state index in [1.165, 1.54) is 0 Å². The lowest BCUT2D eigenvalue weighted by atomic mass is 10.1. The number of rotatable bonds is 7. The van der Waals surface area contributed by atoms with Crippen LogP contribution in [0.4, 0.5) is 0 Å². The van der Waals surface area contributed by atoms with Gasteiger partial charge >= 0.3 is 0 Å². The molecule has 0 bridgehead atoms. The summed E-state index contributed by atoms with van der Waals surface area (Å²) in [7, 11) is 0. The maximum Gasteiger partial charge on any atom is 0.257 e. The van der Waals surface area contributed by atoms with Crippen molar-refractivity contribution in [2.45, 2.75) is 19.8 Å². The van der Waals surface area contributed by atoms with Gasteiger partial charge in [-0.15, -0.1) is 0 Å². The summed E-state index contributed by atoms with van der Waals surface area (Å²) < 4.78 is 0. The molecule has 0 spiro atoms. The molecular formula is C20H23N3O2S. The summed E-state index contributed by atoms with van der Waals surface area (Å²) in [6.07, 6.45) is 0.926. The largest absolute Gasteiger partial charge is 0.370 e. The molecule has 0 aliphatic rings. The minimum Gasteiger partial charge on any atom is -0.370 e. The van der Waals surface area contributed by atoms with Crippen molar-refractivity contribution < 1.29 is 9.59 Å². The monoisotopic (exact) mass is 369 g/mol. The molecular weight excluding hydrogens is 346 g/mol. The van der Waals surface area contributed by atoms with E-state index in [4.69, 9.17) is 18.0 Å². The SMILES string of the molecule is Cc1cccc(C(=O)NC(=S)N(CCC(N)=O)CCc2ccccc2)c1. The van der Waals surface area contributed by atoms with Crippen LogP contribution in [-0.2, 0) is 11.2 Å². The zero-order valence-electron chi connectivity index (χ0n) is 14.8. The van der Waals surface area contributed by atoms with Gasteiger partial charge in [0.15, 0.2) is 5.11 Å². The van der Waals surface area contributed by atoms with Crippen LogP contribution in [0.2, 0.25) is 0 Å². The number of hydrogen-bond donors (Lipinski definition) is 2. The second-order valence-corrected chi connectivity index (χ2v) is 6.45. The third-order valence-corrected chi connectivity index (χ3v) is 4.29. The van der Waals surface area contributed by atoms with Gasteiger partial charge in [-0.1, -0.05) is 48.0 Å². The van der Waals surface area contributed by atoms with Crippen LogP contribution in [0.5, 0.6) is 0 Å². The Balaban J connectivity index is 2.01. The maximum atomic E-state index is 12.4. The van der Waals surface area contributed by atoms with Gasteiger partial charge in [-0.2, -0.15) is 0 Å². The van der Waals surface area contributed by atoms with Crippen molar-refractivity contribution in [3.8, 4) is 0 Å². The number of amides is 2. The van der Waals surface area contributed by atoms with Crippen molar-refractivity contribution >= 4 is 29.1 Å². The van der Waals surface area contributed by atoms with Gasteiger partial charge in [0.2, 0.25) is 5.91 Å². The van der Waals surface area contributed by atoms with E-state index in [0.717, 1.165) is 17.5 Å². The number of nitrogens with zero attached hydrogens (tertiary/aromatic N) is 1. The van der Waals surface area contributed by atoms with Gasteiger partial charge in [0, 0.05) is 25.1 Å². The van der Waals surface area contributed by atoms with Crippen molar-refractivity contribution in [2.75, 3.05) is 13.1 Å². The lowest BCUT2D eigenvalue weighted by Crippen LogP contribution is -2.44. The number of nitrogens with two attached hydrogens (primary N) is 1. The van der Waals surface area contributed by atoms with Gasteiger partial charge in [-0.3, -0.25) is 14.9 Å². The first-order valence-corrected chi connectivity index (χ1v) is 8.85. The molecule has 0 atom stereocenters. The highest BCUT2D eigenvalue weighted by Gasteiger charge is 2.15. The van der Waals surface area contributed by atoms with Gasteiger partial charge < -0.3 is 10.6 Å². The molecule has 0 aliphatic carbocycles. The molecule has 0 aromatic heterocycles. The van der Waals surface area contributed by atoms with Gasteiger partial charge in [0.05, 0.1) is 0 Å². The number of thiocarbonyl (C=S) groups is 1. The first kappa shape index (κ1) is 19.6. The molecule has 5 nitrogen and oxygen atoms in total. The van der Waals surface area contributed by atoms with E-state index in [2.05, 4.69) is 5.32 Å². The molecule has 0 heterocycles. The van der Waals surface area contributed by atoms with E-state index in [9.17, 15) is 9.59 Å². The van der Waals surface area contributed by atoms with E-state index in [-0.39, 0.29) is 12.3 Å². The van der Waals surface area contributed by atoms with Crippen LogP contribution in [-0.4, -0.2) is 34.9 Å². The fourth-order valence-electron chi connectivity index (χ4n) is 2.50. The van der Waals surface area contributed by atoms with Crippen LogP contribution >= 0.6 is 12.2 Å². The molecule has 0 aliphatic heterocycles. The molecule has 0 fully saturated rings. The number of primary amides is 1. The smallest absolute Gasteiger partial charge is 0.257 e. The van der Waals surface area contributed by atoms with Crippen LogP contribution < -0.4 is 11.1 Å². The number of carbonyl (C=O) groups is 2. The number of benzene rings is 2. The summed E-state index contributed by atoms with van der Waals surface area (Å²) in [5.41, 5.74) is 7.96. The Morgan fingerprint density at radius 3 is 2.46 bits per heavy atom. The molecule has 2 amide bonds. The molecule has 0 saturated heterocycles. The minimum atomic E-state index is -0.400. The number of nitrogens with one attached hydrogen (secondary N) is 1. The topological polar surface area (TPSA) is 75.4 Å². The first-order chi connectivity index (χ1) is 12.5. The van der Waals surface area contributed by atoms with Crippen molar-refractivity contribution in [1.82, 2.24) is 10.2 Å². The van der Waals surface area contributed by atoms with Crippen molar-refractivity contribution in [3.05, 3.63) is 71.3 Å². The summed E-state index contributed by atoms with van der Waals surface area (Å²) in [4.78, 5) is 25.4. The van der Waals surface area contributed by atoms with Gasteiger partial charge in [0.1, 0.15) is 0 Å². The number of hydrogen-bond acceptors (Lipinski definition) is 3. The van der Waals surface area contributed by atoms with Gasteiger partial charge in [-0.05, 0) is 43.3 Å². The zero-order valence-corrected chi connectivity index (χ0v) is 15.6. The number of aryl methyl sites for hydroxylation is 1. The summed E-state index contributed by atoms with van der Waals surface area (Å²) in [5.74, 6) is -0.662. The highest BCUT2D eigenvalue weighted by atomic mass is 32.1. The van der Waals surface area contributed by atoms with Crippen LogP contribution in [0.3, 0.4) is 0 Å². The Morgan fingerprint density at radius 2 is 1.81 bits per heavy atom. The molecule has 2 aromatic rings. The highest BCUT2D eigenvalue weighted by Crippen LogP contribution is 2.06.